The van der Waals surface area contributed by atoms with Crippen molar-refractivity contribution >= 4 is 17.6 Å². The van der Waals surface area contributed by atoms with Gasteiger partial charge in [-0.25, -0.2) is 19.7 Å². The average molecular weight is 538 g/mol. The third-order valence-corrected chi connectivity index (χ3v) is 7.02. The normalized spacial score (nSPS) is 17.6. The molecule has 0 spiro atoms. The third-order valence-electron chi connectivity index (χ3n) is 7.02. The highest BCUT2D eigenvalue weighted by atomic mass is 19.4. The highest BCUT2D eigenvalue weighted by Crippen LogP contribution is 2.42. The molecule has 3 N–H and O–H groups in total. The van der Waals surface area contributed by atoms with E-state index in [0.29, 0.717) is 11.3 Å². The van der Waals surface area contributed by atoms with Crippen LogP contribution in [-0.2, 0) is 6.18 Å². The first-order valence-corrected chi connectivity index (χ1v) is 12.5. The van der Waals surface area contributed by atoms with Crippen LogP contribution in [0.2, 0.25) is 0 Å². The number of carbonyl (C=O) groups is 1. The Morgan fingerprint density at radius 1 is 1.03 bits per heavy atom. The summed E-state index contributed by atoms with van der Waals surface area (Å²) in [7, 11) is 0. The van der Waals surface area contributed by atoms with Crippen LogP contribution in [0.3, 0.4) is 0 Å². The molecule has 1 aliphatic carbocycles. The molecule has 1 saturated carbocycles. The molecule has 0 saturated heterocycles. The monoisotopic (exact) mass is 537 g/mol. The number of halogens is 3. The fourth-order valence-corrected chi connectivity index (χ4v) is 5.16. The molecule has 4 aromatic rings. The molecule has 2 aromatic carbocycles. The molecular weight excluding hydrogens is 511 g/mol. The third kappa shape index (κ3) is 5.87. The molecule has 2 heterocycles. The zero-order valence-electron chi connectivity index (χ0n) is 21.0. The van der Waals surface area contributed by atoms with Gasteiger partial charge in [0.2, 0.25) is 5.95 Å². The van der Waals surface area contributed by atoms with Crippen molar-refractivity contribution in [3.8, 4) is 11.4 Å². The number of phenolic OH excluding ortho intramolecular Hbond substituents is 1. The Morgan fingerprint density at radius 2 is 1.77 bits per heavy atom. The number of benzene rings is 2. The number of alkyl halides is 3. The quantitative estimate of drug-likeness (QED) is 0.255. The van der Waals surface area contributed by atoms with Crippen molar-refractivity contribution < 1.29 is 28.2 Å². The number of aromatic carboxylic acids is 1. The van der Waals surface area contributed by atoms with Gasteiger partial charge >= 0.3 is 12.1 Å². The summed E-state index contributed by atoms with van der Waals surface area (Å²) in [4.78, 5) is 23.7. The first-order valence-electron chi connectivity index (χ1n) is 12.5. The molecule has 0 aliphatic heterocycles. The highest BCUT2D eigenvalue weighted by molar-refractivity contribution is 5.89. The fraction of sp³-hybridized carbons (Fsp3) is 0.286. The summed E-state index contributed by atoms with van der Waals surface area (Å²) in [5.41, 5.74) is 2.99. The number of nitrogens with zero attached hydrogens (tertiary/aromatic N) is 4. The predicted octanol–water partition coefficient (Wildman–Crippen LogP) is 6.58. The lowest BCUT2D eigenvalue weighted by atomic mass is 9.76. The molecular formula is C28H26F3N5O3. The van der Waals surface area contributed by atoms with E-state index in [4.69, 9.17) is 0 Å². The second kappa shape index (κ2) is 10.4. The number of aryl methyl sites for hydroxylation is 1. The first kappa shape index (κ1) is 26.2. The van der Waals surface area contributed by atoms with E-state index in [1.54, 1.807) is 24.5 Å². The van der Waals surface area contributed by atoms with Gasteiger partial charge in [-0.1, -0.05) is 0 Å². The van der Waals surface area contributed by atoms with E-state index in [0.717, 1.165) is 54.9 Å². The van der Waals surface area contributed by atoms with Crippen LogP contribution in [0.5, 0.6) is 5.75 Å². The predicted molar refractivity (Wildman–Crippen MR) is 138 cm³/mol. The van der Waals surface area contributed by atoms with Crippen molar-refractivity contribution in [2.24, 2.45) is 0 Å². The number of nitrogens with one attached hydrogen (secondary N) is 1. The van der Waals surface area contributed by atoms with E-state index in [2.05, 4.69) is 20.3 Å². The number of carboxylic acids is 1. The fourth-order valence-electron chi connectivity index (χ4n) is 5.16. The Balaban J connectivity index is 1.30. The van der Waals surface area contributed by atoms with E-state index in [9.17, 15) is 28.2 Å². The van der Waals surface area contributed by atoms with Gasteiger partial charge in [0, 0.05) is 29.7 Å². The number of aromatic nitrogens is 4. The maximum atomic E-state index is 13.0. The Kier molecular flexibility index (Phi) is 6.98. The molecule has 0 atom stereocenters. The Hall–Kier alpha value is -4.41. The molecule has 0 bridgehead atoms. The number of imidazole rings is 1. The van der Waals surface area contributed by atoms with Crippen molar-refractivity contribution in [2.45, 2.75) is 50.6 Å². The number of rotatable bonds is 6. The molecule has 8 nitrogen and oxygen atoms in total. The van der Waals surface area contributed by atoms with Gasteiger partial charge in [0.1, 0.15) is 11.4 Å². The van der Waals surface area contributed by atoms with Crippen molar-refractivity contribution in [3.63, 3.8) is 0 Å². The lowest BCUT2D eigenvalue weighted by molar-refractivity contribution is -0.141. The van der Waals surface area contributed by atoms with Crippen LogP contribution in [0, 0.1) is 6.92 Å². The second-order valence-electron chi connectivity index (χ2n) is 9.78. The summed E-state index contributed by atoms with van der Waals surface area (Å²) in [6.45, 7) is 1.88. The summed E-state index contributed by atoms with van der Waals surface area (Å²) in [5, 5.41) is 22.3. The SMILES string of the molecule is Cc1cc(Nc2nccc(C(F)(F)F)n2)cc(-n2cnc(C3CCC(c4cc(O)ccc4C(=O)O)CC3)c2)c1. The number of carboxylic acid groups (broad SMARTS) is 1. The molecule has 5 rings (SSSR count). The topological polar surface area (TPSA) is 113 Å². The van der Waals surface area contributed by atoms with Crippen molar-refractivity contribution in [2.75, 3.05) is 5.32 Å². The van der Waals surface area contributed by atoms with Gasteiger partial charge in [-0.2, -0.15) is 13.2 Å². The van der Waals surface area contributed by atoms with E-state index < -0.39 is 17.8 Å². The summed E-state index contributed by atoms with van der Waals surface area (Å²) >= 11 is 0. The number of anilines is 2. The minimum Gasteiger partial charge on any atom is -0.508 e. The molecule has 2 aromatic heterocycles. The van der Waals surface area contributed by atoms with Crippen LogP contribution < -0.4 is 5.32 Å². The van der Waals surface area contributed by atoms with E-state index >= 15 is 0 Å². The van der Waals surface area contributed by atoms with Crippen LogP contribution in [0.4, 0.5) is 24.8 Å². The summed E-state index contributed by atoms with van der Waals surface area (Å²) in [5.74, 6) is -0.846. The zero-order chi connectivity index (χ0) is 27.7. The van der Waals surface area contributed by atoms with Crippen molar-refractivity contribution in [3.05, 3.63) is 89.3 Å². The minimum atomic E-state index is -4.56. The van der Waals surface area contributed by atoms with Gasteiger partial charge in [-0.15, -0.1) is 0 Å². The summed E-state index contributed by atoms with van der Waals surface area (Å²) in [6.07, 6.45) is 3.35. The Labute approximate surface area is 222 Å². The van der Waals surface area contributed by atoms with Crippen LogP contribution in [0.25, 0.3) is 5.69 Å². The number of hydrogen-bond donors (Lipinski definition) is 3. The van der Waals surface area contributed by atoms with Gasteiger partial charge < -0.3 is 20.1 Å². The zero-order valence-corrected chi connectivity index (χ0v) is 21.0. The maximum Gasteiger partial charge on any atom is 0.433 e. The van der Waals surface area contributed by atoms with E-state index in [1.807, 2.05) is 23.8 Å². The average Bonchev–Trinajstić information content (AvgIpc) is 3.38. The lowest BCUT2D eigenvalue weighted by Gasteiger charge is -2.28. The van der Waals surface area contributed by atoms with E-state index in [-0.39, 0.29) is 29.1 Å². The van der Waals surface area contributed by atoms with Crippen LogP contribution in [0.1, 0.15) is 70.4 Å². The second-order valence-corrected chi connectivity index (χ2v) is 9.78. The minimum absolute atomic E-state index is 0.0463. The van der Waals surface area contributed by atoms with Crippen molar-refractivity contribution in [1.82, 2.24) is 19.5 Å². The van der Waals surface area contributed by atoms with Gasteiger partial charge in [0.25, 0.3) is 0 Å². The molecule has 39 heavy (non-hydrogen) atoms. The number of aromatic hydroxyl groups is 1. The standard InChI is InChI=1S/C28H26F3N5O3/c1-16-10-19(34-27-32-9-8-25(35-27)28(29,30)31)12-20(11-16)36-14-24(33-15-36)18-4-2-17(3-5-18)23-13-21(37)6-7-22(23)26(38)39/h6-15,17-18,37H,2-5H2,1H3,(H,38,39)(H,32,34,35). The van der Waals surface area contributed by atoms with Crippen molar-refractivity contribution in [1.29, 1.82) is 0 Å². The van der Waals surface area contributed by atoms with E-state index in [1.165, 1.54) is 12.1 Å². The summed E-state index contributed by atoms with van der Waals surface area (Å²) < 4.78 is 40.9. The molecule has 1 fully saturated rings. The molecule has 0 radical (unpaired) electrons. The van der Waals surface area contributed by atoms with Crippen LogP contribution in [-0.4, -0.2) is 35.7 Å². The molecule has 1 aliphatic rings. The molecule has 0 unspecified atom stereocenters. The Bertz CT molecular complexity index is 1510. The number of hydrogen-bond acceptors (Lipinski definition) is 6. The molecule has 0 amide bonds. The number of phenols is 1. The molecule has 202 valence electrons. The largest absolute Gasteiger partial charge is 0.508 e. The molecule has 11 heteroatoms. The van der Waals surface area contributed by atoms with Gasteiger partial charge in [0.05, 0.1) is 17.6 Å². The van der Waals surface area contributed by atoms with Gasteiger partial charge in [-0.05, 0) is 92.1 Å². The van der Waals surface area contributed by atoms with Gasteiger partial charge in [-0.3, -0.25) is 0 Å². The van der Waals surface area contributed by atoms with Gasteiger partial charge in [0.15, 0.2) is 0 Å². The lowest BCUT2D eigenvalue weighted by Crippen LogP contribution is -2.15. The maximum absolute atomic E-state index is 13.0. The van der Waals surface area contributed by atoms with Crippen LogP contribution in [0.15, 0.2) is 61.2 Å². The summed E-state index contributed by atoms with van der Waals surface area (Å²) in [6, 6.07) is 10.7. The van der Waals surface area contributed by atoms with Crippen LogP contribution >= 0.6 is 0 Å². The smallest absolute Gasteiger partial charge is 0.433 e. The Morgan fingerprint density at radius 3 is 2.49 bits per heavy atom. The first-order chi connectivity index (χ1) is 18.6. The highest BCUT2D eigenvalue weighted by Gasteiger charge is 2.33.